The Bertz CT molecular complexity index is 984. The third-order valence-electron chi connectivity index (χ3n) is 4.57. The van der Waals surface area contributed by atoms with Crippen LogP contribution in [0.2, 0.25) is 0 Å². The van der Waals surface area contributed by atoms with Crippen LogP contribution in [0.3, 0.4) is 0 Å². The summed E-state index contributed by atoms with van der Waals surface area (Å²) in [7, 11) is 4.15. The number of H-pyrrole nitrogens is 1. The maximum Gasteiger partial charge on any atom is 0.255 e. The molecule has 2 heterocycles. The van der Waals surface area contributed by atoms with E-state index in [1.807, 2.05) is 30.8 Å². The fourth-order valence-corrected chi connectivity index (χ4v) is 3.82. The molecule has 0 spiro atoms. The van der Waals surface area contributed by atoms with E-state index in [-0.39, 0.29) is 5.56 Å². The highest BCUT2D eigenvalue weighted by Crippen LogP contribution is 2.14. The normalized spacial score (nSPS) is 11.1. The van der Waals surface area contributed by atoms with Crippen molar-refractivity contribution in [2.24, 2.45) is 0 Å². The van der Waals surface area contributed by atoms with Gasteiger partial charge >= 0.3 is 0 Å². The predicted molar refractivity (Wildman–Crippen MR) is 125 cm³/mol. The van der Waals surface area contributed by atoms with E-state index in [0.29, 0.717) is 17.9 Å². The second-order valence-corrected chi connectivity index (χ2v) is 8.71. The van der Waals surface area contributed by atoms with Crippen LogP contribution in [-0.4, -0.2) is 46.2 Å². The highest BCUT2D eigenvalue weighted by atomic mass is 32.2. The Labute approximate surface area is 182 Å². The van der Waals surface area contributed by atoms with E-state index >= 15 is 0 Å². The monoisotopic (exact) mass is 423 g/mol. The third-order valence-corrected chi connectivity index (χ3v) is 5.60. The average Bonchev–Trinajstić information content (AvgIpc) is 2.72. The van der Waals surface area contributed by atoms with Crippen molar-refractivity contribution < 1.29 is 0 Å². The minimum absolute atomic E-state index is 0.112. The van der Waals surface area contributed by atoms with Crippen molar-refractivity contribution >= 4 is 17.7 Å². The number of anilines is 1. The molecule has 0 saturated carbocycles. The van der Waals surface area contributed by atoms with Crippen molar-refractivity contribution in [1.82, 2.24) is 19.9 Å². The van der Waals surface area contributed by atoms with Crippen LogP contribution < -0.4 is 10.9 Å². The van der Waals surface area contributed by atoms with Gasteiger partial charge in [-0.2, -0.15) is 11.8 Å². The van der Waals surface area contributed by atoms with Crippen LogP contribution in [0.15, 0.2) is 53.6 Å². The van der Waals surface area contributed by atoms with Gasteiger partial charge in [0, 0.05) is 54.7 Å². The van der Waals surface area contributed by atoms with Gasteiger partial charge in [-0.1, -0.05) is 30.3 Å². The molecule has 0 aliphatic carbocycles. The molecule has 158 valence electrons. The molecular formula is C23H29N5OS. The van der Waals surface area contributed by atoms with Gasteiger partial charge in [0.15, 0.2) is 0 Å². The number of rotatable bonds is 10. The summed E-state index contributed by atoms with van der Waals surface area (Å²) in [6.45, 7) is 3.65. The highest BCUT2D eigenvalue weighted by Gasteiger charge is 2.05. The first-order valence-electron chi connectivity index (χ1n) is 10.0. The molecule has 0 amide bonds. The number of aromatic amines is 1. The lowest BCUT2D eigenvalue weighted by Crippen LogP contribution is -2.18. The van der Waals surface area contributed by atoms with Crippen molar-refractivity contribution in [2.45, 2.75) is 25.6 Å². The van der Waals surface area contributed by atoms with Crippen LogP contribution in [0.1, 0.15) is 27.9 Å². The molecule has 0 radical (unpaired) electrons. The van der Waals surface area contributed by atoms with Crippen molar-refractivity contribution in [2.75, 3.05) is 31.7 Å². The molecule has 7 heteroatoms. The molecule has 0 aliphatic heterocycles. The molecule has 30 heavy (non-hydrogen) atoms. The van der Waals surface area contributed by atoms with E-state index < -0.39 is 0 Å². The number of benzene rings is 1. The van der Waals surface area contributed by atoms with E-state index in [1.54, 1.807) is 12.4 Å². The number of pyridine rings is 1. The fourth-order valence-electron chi connectivity index (χ4n) is 3.00. The molecule has 3 aromatic rings. The first kappa shape index (κ1) is 22.1. The van der Waals surface area contributed by atoms with E-state index in [2.05, 4.69) is 63.5 Å². The lowest BCUT2D eigenvalue weighted by Gasteiger charge is -2.10. The van der Waals surface area contributed by atoms with Gasteiger partial charge in [0.1, 0.15) is 0 Å². The summed E-state index contributed by atoms with van der Waals surface area (Å²) in [5.41, 5.74) is 5.14. The average molecular weight is 424 g/mol. The van der Waals surface area contributed by atoms with Gasteiger partial charge < -0.3 is 10.2 Å². The Morgan fingerprint density at radius 1 is 1.00 bits per heavy atom. The lowest BCUT2D eigenvalue weighted by atomic mass is 10.1. The summed E-state index contributed by atoms with van der Waals surface area (Å²) < 4.78 is 0. The summed E-state index contributed by atoms with van der Waals surface area (Å²) in [5.74, 6) is 2.41. The number of aryl methyl sites for hydroxylation is 1. The molecule has 3 rings (SSSR count). The first-order chi connectivity index (χ1) is 14.5. The van der Waals surface area contributed by atoms with E-state index in [9.17, 15) is 4.79 Å². The first-order valence-corrected chi connectivity index (χ1v) is 11.2. The van der Waals surface area contributed by atoms with E-state index in [1.165, 1.54) is 11.1 Å². The lowest BCUT2D eigenvalue weighted by molar-refractivity contribution is 0.402. The van der Waals surface area contributed by atoms with Crippen molar-refractivity contribution in [3.05, 3.63) is 87.1 Å². The molecule has 0 fully saturated rings. The minimum Gasteiger partial charge on any atom is -0.355 e. The maximum atomic E-state index is 12.3. The van der Waals surface area contributed by atoms with Crippen LogP contribution in [0.5, 0.6) is 0 Å². The standard InChI is InChI=1S/C23H29N5OS/c1-17-4-5-20(13-25-17)12-21-14-26-23(27-22(21)29)24-10-11-30-16-19-8-6-18(7-9-19)15-28(2)3/h4-9,13-14H,10-12,15-16H2,1-3H3,(H2,24,26,27,29). The molecule has 0 unspecified atom stereocenters. The highest BCUT2D eigenvalue weighted by molar-refractivity contribution is 7.98. The summed E-state index contributed by atoms with van der Waals surface area (Å²) in [5, 5.41) is 3.20. The third kappa shape index (κ3) is 7.00. The largest absolute Gasteiger partial charge is 0.355 e. The van der Waals surface area contributed by atoms with Crippen molar-refractivity contribution in [1.29, 1.82) is 0 Å². The number of aromatic nitrogens is 3. The molecule has 0 bridgehead atoms. The SMILES string of the molecule is Cc1ccc(Cc2cnc(NCCSCc3ccc(CN(C)C)cc3)[nH]c2=O)cn1. The predicted octanol–water partition coefficient (Wildman–Crippen LogP) is 3.47. The smallest absolute Gasteiger partial charge is 0.255 e. The number of nitrogens with zero attached hydrogens (tertiary/aromatic N) is 3. The summed E-state index contributed by atoms with van der Waals surface area (Å²) in [6.07, 6.45) is 3.97. The minimum atomic E-state index is -0.112. The molecule has 0 aliphatic rings. The summed E-state index contributed by atoms with van der Waals surface area (Å²) >= 11 is 1.86. The topological polar surface area (TPSA) is 73.9 Å². The molecule has 1 aromatic carbocycles. The van der Waals surface area contributed by atoms with Crippen LogP contribution in [0, 0.1) is 6.92 Å². The Morgan fingerprint density at radius 2 is 1.73 bits per heavy atom. The quantitative estimate of drug-likeness (QED) is 0.487. The van der Waals surface area contributed by atoms with Crippen LogP contribution >= 0.6 is 11.8 Å². The van der Waals surface area contributed by atoms with Gasteiger partial charge in [0.25, 0.3) is 5.56 Å². The Hall–Kier alpha value is -2.64. The zero-order valence-electron chi connectivity index (χ0n) is 17.8. The van der Waals surface area contributed by atoms with Crippen molar-refractivity contribution in [3.63, 3.8) is 0 Å². The van der Waals surface area contributed by atoms with Gasteiger partial charge in [-0.15, -0.1) is 0 Å². The van der Waals surface area contributed by atoms with Crippen LogP contribution in [0.25, 0.3) is 0 Å². The summed E-state index contributed by atoms with van der Waals surface area (Å²) in [6, 6.07) is 12.7. The zero-order chi connectivity index (χ0) is 21.3. The molecule has 2 N–H and O–H groups in total. The molecule has 0 atom stereocenters. The van der Waals surface area contributed by atoms with Crippen LogP contribution in [0.4, 0.5) is 5.95 Å². The van der Waals surface area contributed by atoms with Gasteiger partial charge in [-0.3, -0.25) is 14.8 Å². The summed E-state index contributed by atoms with van der Waals surface area (Å²) in [4.78, 5) is 25.9. The second-order valence-electron chi connectivity index (χ2n) is 7.60. The molecule has 2 aromatic heterocycles. The number of thioether (sulfide) groups is 1. The Morgan fingerprint density at radius 3 is 2.40 bits per heavy atom. The Kier molecular flexibility index (Phi) is 8.04. The van der Waals surface area contributed by atoms with Gasteiger partial charge in [0.2, 0.25) is 5.95 Å². The van der Waals surface area contributed by atoms with Crippen molar-refractivity contribution in [3.8, 4) is 0 Å². The van der Waals surface area contributed by atoms with Gasteiger partial charge in [-0.25, -0.2) is 4.98 Å². The Balaban J connectivity index is 1.41. The maximum absolute atomic E-state index is 12.3. The molecule has 0 saturated heterocycles. The zero-order valence-corrected chi connectivity index (χ0v) is 18.6. The molecular weight excluding hydrogens is 394 g/mol. The number of hydrogen-bond donors (Lipinski definition) is 2. The molecule has 6 nitrogen and oxygen atoms in total. The van der Waals surface area contributed by atoms with Gasteiger partial charge in [0.05, 0.1) is 0 Å². The number of nitrogens with one attached hydrogen (secondary N) is 2. The number of hydrogen-bond acceptors (Lipinski definition) is 6. The van der Waals surface area contributed by atoms with E-state index in [0.717, 1.165) is 35.9 Å². The van der Waals surface area contributed by atoms with Crippen LogP contribution in [-0.2, 0) is 18.7 Å². The second kappa shape index (κ2) is 10.9. The fraction of sp³-hybridized carbons (Fsp3) is 0.348. The van der Waals surface area contributed by atoms with E-state index in [4.69, 9.17) is 0 Å². The van der Waals surface area contributed by atoms with Gasteiger partial charge in [-0.05, 0) is 43.8 Å².